The van der Waals surface area contributed by atoms with Gasteiger partial charge in [0.15, 0.2) is 5.79 Å². The highest BCUT2D eigenvalue weighted by Gasteiger charge is 2.79. The van der Waals surface area contributed by atoms with Crippen LogP contribution < -0.4 is 5.73 Å². The van der Waals surface area contributed by atoms with Crippen LogP contribution in [0.4, 0.5) is 0 Å². The number of fused-ring (bicyclic) bond motifs is 6. The monoisotopic (exact) mass is 443 g/mol. The highest BCUT2D eigenvalue weighted by molar-refractivity contribution is 5.69. The van der Waals surface area contributed by atoms with Crippen molar-refractivity contribution in [2.45, 2.75) is 94.8 Å². The number of esters is 1. The van der Waals surface area contributed by atoms with E-state index in [1.165, 1.54) is 64.2 Å². The number of hydrogen-bond donors (Lipinski definition) is 1. The molecule has 0 aromatic heterocycles. The van der Waals surface area contributed by atoms with Crippen molar-refractivity contribution in [1.82, 2.24) is 0 Å². The van der Waals surface area contributed by atoms with Crippen LogP contribution in [-0.2, 0) is 19.0 Å². The topological polar surface area (TPSA) is 70.8 Å². The molecule has 0 aromatic rings. The summed E-state index contributed by atoms with van der Waals surface area (Å²) in [5.41, 5.74) is 7.21. The van der Waals surface area contributed by atoms with Crippen molar-refractivity contribution >= 4 is 5.97 Å². The summed E-state index contributed by atoms with van der Waals surface area (Å²) in [5, 5.41) is 0. The van der Waals surface area contributed by atoms with Crippen LogP contribution in [0.3, 0.4) is 0 Å². The van der Waals surface area contributed by atoms with Gasteiger partial charge in [-0.05, 0) is 86.9 Å². The Morgan fingerprint density at radius 3 is 2.47 bits per heavy atom. The van der Waals surface area contributed by atoms with Crippen LogP contribution in [0.1, 0.15) is 83.5 Å². The van der Waals surface area contributed by atoms with Crippen molar-refractivity contribution in [3.8, 4) is 0 Å². The van der Waals surface area contributed by atoms with Crippen LogP contribution in [0.25, 0.3) is 0 Å². The lowest BCUT2D eigenvalue weighted by Gasteiger charge is -2.55. The van der Waals surface area contributed by atoms with Crippen LogP contribution >= 0.6 is 0 Å². The number of carbonyl (C=O) groups is 1. The maximum absolute atomic E-state index is 12.4. The maximum atomic E-state index is 12.4. The quantitative estimate of drug-likeness (QED) is 0.637. The van der Waals surface area contributed by atoms with Gasteiger partial charge in [-0.1, -0.05) is 19.3 Å². The van der Waals surface area contributed by atoms with Gasteiger partial charge in [0.1, 0.15) is 0 Å². The standard InChI is InChI=1S/C27H41NO4/c28-25-10-21-9-23-26(21,16-25)12-22(11-25)27(23)31-14-20(15-32-27)13-30-24(29)5-4-19-7-17-2-1-3-18(6-17)8-19/h17-23H,1-16,28H2. The molecule has 7 fully saturated rings. The Hall–Kier alpha value is -0.650. The van der Waals surface area contributed by atoms with Gasteiger partial charge in [0.25, 0.3) is 0 Å². The smallest absolute Gasteiger partial charge is 0.305 e. The highest BCUT2D eigenvalue weighted by atomic mass is 16.7. The lowest BCUT2D eigenvalue weighted by atomic mass is 9.55. The number of carbonyl (C=O) groups excluding carboxylic acids is 1. The first kappa shape index (κ1) is 20.7. The average molecular weight is 444 g/mol. The summed E-state index contributed by atoms with van der Waals surface area (Å²) in [5.74, 6) is 4.14. The average Bonchev–Trinajstić information content (AvgIpc) is 3.02. The second-order valence-corrected chi connectivity index (χ2v) is 13.2. The largest absolute Gasteiger partial charge is 0.465 e. The fourth-order valence-corrected chi connectivity index (χ4v) is 10.2. The fourth-order valence-electron chi connectivity index (χ4n) is 10.2. The van der Waals surface area contributed by atoms with E-state index in [0.717, 1.165) is 36.5 Å². The second-order valence-electron chi connectivity index (χ2n) is 13.2. The van der Waals surface area contributed by atoms with Crippen molar-refractivity contribution in [3.63, 3.8) is 0 Å². The number of rotatable bonds is 5. The molecule has 1 heterocycles. The zero-order valence-corrected chi connectivity index (χ0v) is 19.6. The lowest BCUT2D eigenvalue weighted by molar-refractivity contribution is -0.340. The number of hydrogen-bond acceptors (Lipinski definition) is 5. The summed E-state index contributed by atoms with van der Waals surface area (Å²) >= 11 is 0. The van der Waals surface area contributed by atoms with Gasteiger partial charge in [0.2, 0.25) is 0 Å². The fraction of sp³-hybridized carbons (Fsp3) is 0.963. The third-order valence-electron chi connectivity index (χ3n) is 11.2. The molecule has 5 nitrogen and oxygen atoms in total. The third-order valence-corrected chi connectivity index (χ3v) is 11.2. The first-order valence-electron chi connectivity index (χ1n) is 13.7. The first-order chi connectivity index (χ1) is 15.5. The Kier molecular flexibility index (Phi) is 4.64. The van der Waals surface area contributed by atoms with E-state index in [9.17, 15) is 4.79 Å². The van der Waals surface area contributed by atoms with Crippen molar-refractivity contribution in [3.05, 3.63) is 0 Å². The van der Waals surface area contributed by atoms with E-state index in [-0.39, 0.29) is 17.4 Å². The van der Waals surface area contributed by atoms with Gasteiger partial charge in [-0.2, -0.15) is 0 Å². The van der Waals surface area contributed by atoms with Gasteiger partial charge in [-0.15, -0.1) is 0 Å². The molecule has 7 atom stereocenters. The molecule has 7 aliphatic rings. The number of ether oxygens (including phenoxy) is 3. The van der Waals surface area contributed by atoms with Gasteiger partial charge in [0, 0.05) is 29.7 Å². The summed E-state index contributed by atoms with van der Waals surface area (Å²) in [4.78, 5) is 12.4. The Labute approximate surface area is 192 Å². The van der Waals surface area contributed by atoms with Crippen molar-refractivity contribution in [2.75, 3.05) is 19.8 Å². The zero-order chi connectivity index (χ0) is 21.6. The van der Waals surface area contributed by atoms with E-state index in [4.69, 9.17) is 19.9 Å². The van der Waals surface area contributed by atoms with Crippen molar-refractivity contribution in [1.29, 1.82) is 0 Å². The van der Waals surface area contributed by atoms with Crippen LogP contribution in [0.2, 0.25) is 0 Å². The van der Waals surface area contributed by atoms with E-state index in [0.29, 0.717) is 43.5 Å². The summed E-state index contributed by atoms with van der Waals surface area (Å²) < 4.78 is 18.8. The Morgan fingerprint density at radius 2 is 1.69 bits per heavy atom. The summed E-state index contributed by atoms with van der Waals surface area (Å²) in [7, 11) is 0. The van der Waals surface area contributed by atoms with Crippen LogP contribution in [-0.4, -0.2) is 37.1 Å². The minimum absolute atomic E-state index is 0.0270. The molecule has 0 aromatic carbocycles. The van der Waals surface area contributed by atoms with Crippen molar-refractivity contribution < 1.29 is 19.0 Å². The summed E-state index contributed by atoms with van der Waals surface area (Å²) in [6.07, 6.45) is 15.9. The molecule has 6 aliphatic carbocycles. The van der Waals surface area contributed by atoms with E-state index < -0.39 is 5.79 Å². The molecule has 5 heteroatoms. The molecule has 0 amide bonds. The lowest BCUT2D eigenvalue weighted by Crippen LogP contribution is -2.58. The molecule has 0 radical (unpaired) electrons. The minimum atomic E-state index is -0.391. The van der Waals surface area contributed by atoms with Gasteiger partial charge in [-0.25, -0.2) is 0 Å². The van der Waals surface area contributed by atoms with E-state index in [1.54, 1.807) is 0 Å². The summed E-state index contributed by atoms with van der Waals surface area (Å²) in [6, 6.07) is 0. The van der Waals surface area contributed by atoms with Gasteiger partial charge < -0.3 is 19.9 Å². The number of nitrogens with two attached hydrogens (primary N) is 1. The first-order valence-corrected chi connectivity index (χ1v) is 13.7. The molecular weight excluding hydrogens is 402 g/mol. The molecule has 1 aliphatic heterocycles. The second kappa shape index (κ2) is 7.18. The van der Waals surface area contributed by atoms with Gasteiger partial charge >= 0.3 is 5.97 Å². The van der Waals surface area contributed by atoms with Crippen LogP contribution in [0.15, 0.2) is 0 Å². The molecule has 5 bridgehead atoms. The van der Waals surface area contributed by atoms with Gasteiger partial charge in [-0.3, -0.25) is 4.79 Å². The molecule has 178 valence electrons. The van der Waals surface area contributed by atoms with E-state index >= 15 is 0 Å². The van der Waals surface area contributed by atoms with E-state index in [1.807, 2.05) is 0 Å². The third kappa shape index (κ3) is 3.02. The molecule has 7 rings (SSSR count). The predicted octanol–water partition coefficient (Wildman–Crippen LogP) is 4.42. The molecule has 1 saturated heterocycles. The normalized spacial score (nSPS) is 55.0. The molecule has 2 N–H and O–H groups in total. The molecular formula is C27H41NO4. The molecule has 6 saturated carbocycles. The van der Waals surface area contributed by atoms with Crippen LogP contribution in [0, 0.1) is 46.8 Å². The summed E-state index contributed by atoms with van der Waals surface area (Å²) in [6.45, 7) is 1.75. The van der Waals surface area contributed by atoms with Gasteiger partial charge in [0.05, 0.1) is 19.8 Å². The Morgan fingerprint density at radius 1 is 0.938 bits per heavy atom. The SMILES string of the molecule is NC12CC3CC4C3(CC(C1)C41OCC(COC(=O)CCC3CC4CCCC(C4)C3)CO1)C2. The maximum Gasteiger partial charge on any atom is 0.305 e. The van der Waals surface area contributed by atoms with E-state index in [2.05, 4.69) is 0 Å². The predicted molar refractivity (Wildman–Crippen MR) is 119 cm³/mol. The zero-order valence-electron chi connectivity index (χ0n) is 19.6. The van der Waals surface area contributed by atoms with Crippen LogP contribution in [0.5, 0.6) is 0 Å². The highest BCUT2D eigenvalue weighted by Crippen LogP contribution is 2.79. The minimum Gasteiger partial charge on any atom is -0.465 e. The molecule has 32 heavy (non-hydrogen) atoms. The Balaban J connectivity index is 0.886. The van der Waals surface area contributed by atoms with Crippen molar-refractivity contribution in [2.24, 2.45) is 52.6 Å². The Bertz CT molecular complexity index is 764. The molecule has 7 unspecified atom stereocenters. The molecule has 2 spiro atoms.